The minimum Gasteiger partial charge on any atom is -0.323 e. The second kappa shape index (κ2) is 3.63. The van der Waals surface area contributed by atoms with Crippen molar-refractivity contribution in [3.05, 3.63) is 35.4 Å². The summed E-state index contributed by atoms with van der Waals surface area (Å²) in [5.74, 6) is -0.266. The minimum absolute atomic E-state index is 0.266. The number of hydrogen-bond donors (Lipinski definition) is 2. The molecule has 1 aliphatic heterocycles. The third kappa shape index (κ3) is 1.91. The standard InChI is InChI=1S/C12H14N2O2/c1-8-3-5-9(6-4-8)7-12(2)10(15)13-11(16)14-12/h3-6H,7H2,1-2H3,(H2,13,14,15,16). The van der Waals surface area contributed by atoms with Gasteiger partial charge >= 0.3 is 6.03 Å². The van der Waals surface area contributed by atoms with Crippen molar-refractivity contribution < 1.29 is 9.59 Å². The van der Waals surface area contributed by atoms with Crippen LogP contribution in [0, 0.1) is 6.92 Å². The lowest BCUT2D eigenvalue weighted by molar-refractivity contribution is -0.123. The van der Waals surface area contributed by atoms with E-state index in [0.29, 0.717) is 6.42 Å². The normalized spacial score (nSPS) is 24.1. The third-order valence-electron chi connectivity index (χ3n) is 2.80. The number of carbonyl (C=O) groups excluding carboxylic acids is 2. The van der Waals surface area contributed by atoms with Crippen LogP contribution in [0.15, 0.2) is 24.3 Å². The van der Waals surface area contributed by atoms with E-state index in [4.69, 9.17) is 0 Å². The third-order valence-corrected chi connectivity index (χ3v) is 2.80. The van der Waals surface area contributed by atoms with Gasteiger partial charge in [-0.1, -0.05) is 29.8 Å². The second-order valence-electron chi connectivity index (χ2n) is 4.40. The molecule has 4 heteroatoms. The molecule has 0 radical (unpaired) electrons. The van der Waals surface area contributed by atoms with E-state index >= 15 is 0 Å². The van der Waals surface area contributed by atoms with E-state index in [1.54, 1.807) is 6.92 Å². The van der Waals surface area contributed by atoms with E-state index in [0.717, 1.165) is 5.56 Å². The van der Waals surface area contributed by atoms with Crippen LogP contribution >= 0.6 is 0 Å². The molecule has 0 spiro atoms. The Kier molecular flexibility index (Phi) is 2.42. The maximum Gasteiger partial charge on any atom is 0.322 e. The second-order valence-corrected chi connectivity index (χ2v) is 4.40. The number of aryl methyl sites for hydroxylation is 1. The van der Waals surface area contributed by atoms with Crippen LogP contribution in [0.25, 0.3) is 0 Å². The van der Waals surface area contributed by atoms with E-state index < -0.39 is 11.6 Å². The molecule has 1 unspecified atom stereocenters. The highest BCUT2D eigenvalue weighted by molar-refractivity contribution is 6.06. The number of hydrogen-bond acceptors (Lipinski definition) is 2. The molecule has 0 bridgehead atoms. The quantitative estimate of drug-likeness (QED) is 0.731. The highest BCUT2D eigenvalue weighted by atomic mass is 16.2. The molecule has 2 N–H and O–H groups in total. The van der Waals surface area contributed by atoms with Crippen molar-refractivity contribution in [3.63, 3.8) is 0 Å². The molecule has 2 rings (SSSR count). The van der Waals surface area contributed by atoms with Crippen molar-refractivity contribution in [1.82, 2.24) is 10.6 Å². The average molecular weight is 218 g/mol. The van der Waals surface area contributed by atoms with Crippen molar-refractivity contribution in [1.29, 1.82) is 0 Å². The number of benzene rings is 1. The van der Waals surface area contributed by atoms with Crippen LogP contribution in [-0.2, 0) is 11.2 Å². The lowest BCUT2D eigenvalue weighted by Crippen LogP contribution is -2.45. The minimum atomic E-state index is -0.827. The van der Waals surface area contributed by atoms with Crippen molar-refractivity contribution in [2.24, 2.45) is 0 Å². The van der Waals surface area contributed by atoms with Gasteiger partial charge in [-0.05, 0) is 19.4 Å². The summed E-state index contributed by atoms with van der Waals surface area (Å²) in [6.07, 6.45) is 0.505. The molecule has 4 nitrogen and oxygen atoms in total. The first-order chi connectivity index (χ1) is 7.49. The van der Waals surface area contributed by atoms with Crippen LogP contribution < -0.4 is 10.6 Å². The molecule has 0 aliphatic carbocycles. The summed E-state index contributed by atoms with van der Waals surface area (Å²) < 4.78 is 0. The molecule has 1 aromatic carbocycles. The zero-order chi connectivity index (χ0) is 11.8. The van der Waals surface area contributed by atoms with Gasteiger partial charge in [0, 0.05) is 6.42 Å². The molecular formula is C12H14N2O2. The summed E-state index contributed by atoms with van der Waals surface area (Å²) >= 11 is 0. The average Bonchev–Trinajstić information content (AvgIpc) is 2.44. The molecule has 1 fully saturated rings. The van der Waals surface area contributed by atoms with Gasteiger partial charge < -0.3 is 5.32 Å². The van der Waals surface area contributed by atoms with E-state index in [9.17, 15) is 9.59 Å². The fourth-order valence-electron chi connectivity index (χ4n) is 1.82. The van der Waals surface area contributed by atoms with Crippen LogP contribution in [0.5, 0.6) is 0 Å². The fourth-order valence-corrected chi connectivity index (χ4v) is 1.82. The molecule has 1 aliphatic rings. The number of nitrogens with one attached hydrogen (secondary N) is 2. The predicted octanol–water partition coefficient (Wildman–Crippen LogP) is 1.14. The maximum atomic E-state index is 11.6. The van der Waals surface area contributed by atoms with Crippen molar-refractivity contribution >= 4 is 11.9 Å². The molecule has 3 amide bonds. The zero-order valence-corrected chi connectivity index (χ0v) is 9.33. The van der Waals surface area contributed by atoms with Crippen molar-refractivity contribution in [3.8, 4) is 0 Å². The summed E-state index contributed by atoms with van der Waals surface area (Å²) in [5.41, 5.74) is 1.38. The lowest BCUT2D eigenvalue weighted by Gasteiger charge is -2.20. The van der Waals surface area contributed by atoms with Crippen LogP contribution in [0.3, 0.4) is 0 Å². The van der Waals surface area contributed by atoms with Crippen LogP contribution in [0.1, 0.15) is 18.1 Å². The van der Waals surface area contributed by atoms with Crippen molar-refractivity contribution in [2.75, 3.05) is 0 Å². The number of rotatable bonds is 2. The van der Waals surface area contributed by atoms with Gasteiger partial charge in [-0.25, -0.2) is 4.79 Å². The monoisotopic (exact) mass is 218 g/mol. The first kappa shape index (κ1) is 10.7. The fraction of sp³-hybridized carbons (Fsp3) is 0.333. The van der Waals surface area contributed by atoms with Gasteiger partial charge in [0.1, 0.15) is 5.54 Å². The molecule has 1 aromatic rings. The summed E-state index contributed by atoms with van der Waals surface area (Å²) in [6.45, 7) is 3.74. The highest BCUT2D eigenvalue weighted by Gasteiger charge is 2.41. The molecule has 0 saturated carbocycles. The van der Waals surface area contributed by atoms with Gasteiger partial charge in [-0.3, -0.25) is 10.1 Å². The molecule has 1 heterocycles. The molecule has 1 atom stereocenters. The Hall–Kier alpha value is -1.84. The van der Waals surface area contributed by atoms with Crippen LogP contribution in [0.2, 0.25) is 0 Å². The Bertz CT molecular complexity index is 439. The molecule has 1 saturated heterocycles. The number of urea groups is 1. The zero-order valence-electron chi connectivity index (χ0n) is 9.33. The Balaban J connectivity index is 2.18. The van der Waals surface area contributed by atoms with Gasteiger partial charge in [0.15, 0.2) is 0 Å². The molecule has 0 aromatic heterocycles. The molecule has 16 heavy (non-hydrogen) atoms. The SMILES string of the molecule is Cc1ccc(CC2(C)NC(=O)NC2=O)cc1. The van der Waals surface area contributed by atoms with Gasteiger partial charge in [-0.2, -0.15) is 0 Å². The largest absolute Gasteiger partial charge is 0.323 e. The first-order valence-corrected chi connectivity index (χ1v) is 5.19. The maximum absolute atomic E-state index is 11.6. The summed E-state index contributed by atoms with van der Waals surface area (Å²) in [5, 5.41) is 4.89. The Morgan fingerprint density at radius 2 is 1.81 bits per heavy atom. The van der Waals surface area contributed by atoms with E-state index in [1.807, 2.05) is 31.2 Å². The van der Waals surface area contributed by atoms with Gasteiger partial charge in [-0.15, -0.1) is 0 Å². The smallest absolute Gasteiger partial charge is 0.322 e. The molecule has 84 valence electrons. The number of amides is 3. The Morgan fingerprint density at radius 3 is 2.31 bits per heavy atom. The van der Waals surface area contributed by atoms with Gasteiger partial charge in [0.05, 0.1) is 0 Å². The van der Waals surface area contributed by atoms with Crippen LogP contribution in [-0.4, -0.2) is 17.5 Å². The summed E-state index contributed by atoms with van der Waals surface area (Å²) in [4.78, 5) is 22.7. The van der Waals surface area contributed by atoms with Gasteiger partial charge in [0.25, 0.3) is 5.91 Å². The highest BCUT2D eigenvalue weighted by Crippen LogP contribution is 2.17. The lowest BCUT2D eigenvalue weighted by atomic mass is 9.93. The summed E-state index contributed by atoms with van der Waals surface area (Å²) in [6, 6.07) is 7.51. The topological polar surface area (TPSA) is 58.2 Å². The summed E-state index contributed by atoms with van der Waals surface area (Å²) in [7, 11) is 0. The Labute approximate surface area is 94.0 Å². The predicted molar refractivity (Wildman–Crippen MR) is 60.0 cm³/mol. The van der Waals surface area contributed by atoms with E-state index in [1.165, 1.54) is 5.56 Å². The number of imide groups is 1. The number of carbonyl (C=O) groups is 2. The van der Waals surface area contributed by atoms with E-state index in [-0.39, 0.29) is 5.91 Å². The van der Waals surface area contributed by atoms with Gasteiger partial charge in [0.2, 0.25) is 0 Å². The first-order valence-electron chi connectivity index (χ1n) is 5.19. The van der Waals surface area contributed by atoms with Crippen molar-refractivity contribution in [2.45, 2.75) is 25.8 Å². The Morgan fingerprint density at radius 1 is 1.19 bits per heavy atom. The molecular weight excluding hydrogens is 204 g/mol. The van der Waals surface area contributed by atoms with E-state index in [2.05, 4.69) is 10.6 Å². The van der Waals surface area contributed by atoms with Crippen LogP contribution in [0.4, 0.5) is 4.79 Å².